The Bertz CT molecular complexity index is 820. The summed E-state index contributed by atoms with van der Waals surface area (Å²) in [7, 11) is 1.77. The minimum absolute atomic E-state index is 0. The molecule has 1 aliphatic heterocycles. The van der Waals surface area contributed by atoms with Gasteiger partial charge in [-0.15, -0.1) is 36.2 Å². The number of nitrogens with zero attached hydrogens (tertiary/aromatic N) is 1. The van der Waals surface area contributed by atoms with Gasteiger partial charge in [0, 0.05) is 36.6 Å². The van der Waals surface area contributed by atoms with E-state index >= 15 is 0 Å². The maximum absolute atomic E-state index is 5.79. The number of rotatable bonds is 4. The summed E-state index contributed by atoms with van der Waals surface area (Å²) < 4.78 is 5.79. The molecule has 1 atom stereocenters. The maximum atomic E-state index is 5.79. The van der Waals surface area contributed by atoms with Gasteiger partial charge in [0.05, 0.1) is 13.2 Å². The Morgan fingerprint density at radius 3 is 2.46 bits per heavy atom. The number of hydrogen-bond acceptors (Lipinski definition) is 4. The summed E-state index contributed by atoms with van der Waals surface area (Å²) in [5, 5.41) is 8.19. The van der Waals surface area contributed by atoms with Crippen LogP contribution in [0.4, 0.5) is 0 Å². The van der Waals surface area contributed by atoms with Crippen molar-refractivity contribution < 1.29 is 4.74 Å². The fraction of sp³-hybridized carbons (Fsp3) is 0.300. The van der Waals surface area contributed by atoms with Gasteiger partial charge < -0.3 is 10.1 Å². The lowest BCUT2D eigenvalue weighted by Gasteiger charge is -2.36. The minimum atomic E-state index is 0. The van der Waals surface area contributed by atoms with Crippen molar-refractivity contribution in [1.29, 1.82) is 0 Å². The van der Waals surface area contributed by atoms with E-state index in [1.807, 2.05) is 11.3 Å². The minimum Gasteiger partial charge on any atom is -0.496 e. The van der Waals surface area contributed by atoms with E-state index in [0.717, 1.165) is 31.9 Å². The molecule has 3 nitrogen and oxygen atoms in total. The van der Waals surface area contributed by atoms with Crippen LogP contribution in [0.3, 0.4) is 0 Å². The second-order valence-electron chi connectivity index (χ2n) is 6.11. The molecule has 2 heterocycles. The summed E-state index contributed by atoms with van der Waals surface area (Å²) in [6.45, 7) is 4.17. The van der Waals surface area contributed by atoms with Gasteiger partial charge in [-0.05, 0) is 28.3 Å². The number of piperazine rings is 1. The lowest BCUT2D eigenvalue weighted by molar-refractivity contribution is 0.198. The molecular formula is C20H24Cl2N2OS. The van der Waals surface area contributed by atoms with Crippen LogP contribution in [0.1, 0.15) is 16.5 Å². The van der Waals surface area contributed by atoms with Crippen LogP contribution >= 0.6 is 36.2 Å². The molecule has 1 saturated heterocycles. The van der Waals surface area contributed by atoms with E-state index in [9.17, 15) is 0 Å². The Hall–Kier alpha value is -1.30. The molecule has 2 aromatic carbocycles. The molecule has 1 fully saturated rings. The zero-order valence-corrected chi connectivity index (χ0v) is 17.1. The summed E-state index contributed by atoms with van der Waals surface area (Å²) >= 11 is 1.83. The Labute approximate surface area is 171 Å². The predicted octanol–water partition coefficient (Wildman–Crippen LogP) is 4.75. The van der Waals surface area contributed by atoms with Crippen LogP contribution in [0.2, 0.25) is 0 Å². The first-order valence-electron chi connectivity index (χ1n) is 8.42. The summed E-state index contributed by atoms with van der Waals surface area (Å²) in [5.41, 5.74) is 1.29. The van der Waals surface area contributed by atoms with E-state index in [1.165, 1.54) is 21.2 Å². The zero-order chi connectivity index (χ0) is 16.4. The highest BCUT2D eigenvalue weighted by atomic mass is 35.5. The summed E-state index contributed by atoms with van der Waals surface area (Å²) in [6, 6.07) is 17.5. The second-order valence-corrected chi connectivity index (χ2v) is 7.09. The molecular weight excluding hydrogens is 387 g/mol. The lowest BCUT2D eigenvalue weighted by atomic mass is 9.95. The van der Waals surface area contributed by atoms with E-state index in [0.29, 0.717) is 0 Å². The van der Waals surface area contributed by atoms with Gasteiger partial charge in [-0.2, -0.15) is 0 Å². The molecule has 0 bridgehead atoms. The van der Waals surface area contributed by atoms with Gasteiger partial charge >= 0.3 is 0 Å². The summed E-state index contributed by atoms with van der Waals surface area (Å²) in [6.07, 6.45) is 0. The fourth-order valence-electron chi connectivity index (χ4n) is 3.63. The van der Waals surface area contributed by atoms with E-state index in [-0.39, 0.29) is 30.9 Å². The van der Waals surface area contributed by atoms with E-state index in [1.54, 1.807) is 7.11 Å². The van der Waals surface area contributed by atoms with Crippen molar-refractivity contribution in [2.45, 2.75) is 6.04 Å². The van der Waals surface area contributed by atoms with Crippen molar-refractivity contribution in [3.8, 4) is 5.75 Å². The number of ether oxygens (including phenoxy) is 1. The molecule has 3 aromatic rings. The summed E-state index contributed by atoms with van der Waals surface area (Å²) in [5.74, 6) is 0.977. The van der Waals surface area contributed by atoms with Gasteiger partial charge in [0.15, 0.2) is 0 Å². The number of thiophene rings is 1. The normalized spacial score (nSPS) is 15.7. The van der Waals surface area contributed by atoms with Crippen LogP contribution in [0.25, 0.3) is 10.8 Å². The van der Waals surface area contributed by atoms with Gasteiger partial charge in [-0.1, -0.05) is 36.4 Å². The molecule has 0 aliphatic carbocycles. The molecule has 1 N–H and O–H groups in total. The predicted molar refractivity (Wildman–Crippen MR) is 116 cm³/mol. The number of fused-ring (bicyclic) bond motifs is 1. The smallest absolute Gasteiger partial charge is 0.124 e. The van der Waals surface area contributed by atoms with Crippen molar-refractivity contribution in [3.05, 3.63) is 64.4 Å². The molecule has 0 spiro atoms. The molecule has 0 radical (unpaired) electrons. The lowest BCUT2D eigenvalue weighted by Crippen LogP contribution is -2.45. The number of methoxy groups -OCH3 is 1. The first-order valence-corrected chi connectivity index (χ1v) is 9.30. The van der Waals surface area contributed by atoms with Crippen molar-refractivity contribution in [2.75, 3.05) is 33.3 Å². The van der Waals surface area contributed by atoms with Crippen LogP contribution in [0.5, 0.6) is 5.75 Å². The van der Waals surface area contributed by atoms with Crippen LogP contribution in [-0.4, -0.2) is 38.2 Å². The van der Waals surface area contributed by atoms with Gasteiger partial charge in [0.25, 0.3) is 0 Å². The van der Waals surface area contributed by atoms with Crippen molar-refractivity contribution in [2.24, 2.45) is 0 Å². The van der Waals surface area contributed by atoms with Crippen LogP contribution in [0.15, 0.2) is 53.9 Å². The van der Waals surface area contributed by atoms with Crippen molar-refractivity contribution in [1.82, 2.24) is 10.2 Å². The largest absolute Gasteiger partial charge is 0.496 e. The maximum Gasteiger partial charge on any atom is 0.124 e. The third-order valence-corrected chi connectivity index (χ3v) is 5.68. The zero-order valence-electron chi connectivity index (χ0n) is 14.7. The van der Waals surface area contributed by atoms with Crippen LogP contribution < -0.4 is 10.1 Å². The van der Waals surface area contributed by atoms with E-state index in [2.05, 4.69) is 64.1 Å². The van der Waals surface area contributed by atoms with Crippen LogP contribution in [0, 0.1) is 0 Å². The number of hydrogen-bond donors (Lipinski definition) is 1. The molecule has 26 heavy (non-hydrogen) atoms. The van der Waals surface area contributed by atoms with Gasteiger partial charge in [-0.3, -0.25) is 4.90 Å². The molecule has 1 aliphatic rings. The van der Waals surface area contributed by atoms with Crippen molar-refractivity contribution >= 4 is 46.9 Å². The van der Waals surface area contributed by atoms with Crippen LogP contribution in [-0.2, 0) is 0 Å². The molecule has 0 unspecified atom stereocenters. The first-order chi connectivity index (χ1) is 11.9. The van der Waals surface area contributed by atoms with E-state index in [4.69, 9.17) is 4.74 Å². The highest BCUT2D eigenvalue weighted by Gasteiger charge is 2.28. The highest BCUT2D eigenvalue weighted by molar-refractivity contribution is 7.10. The quantitative estimate of drug-likeness (QED) is 0.671. The fourth-order valence-corrected chi connectivity index (χ4v) is 4.49. The Balaban J connectivity index is 0.00000121. The van der Waals surface area contributed by atoms with E-state index < -0.39 is 0 Å². The number of benzene rings is 2. The second kappa shape index (κ2) is 9.58. The highest BCUT2D eigenvalue weighted by Crippen LogP contribution is 2.41. The average Bonchev–Trinajstić information content (AvgIpc) is 3.17. The number of halogens is 2. The molecule has 0 amide bonds. The third-order valence-electron chi connectivity index (χ3n) is 4.75. The monoisotopic (exact) mass is 410 g/mol. The van der Waals surface area contributed by atoms with Crippen molar-refractivity contribution in [3.63, 3.8) is 0 Å². The average molecular weight is 411 g/mol. The molecule has 1 aromatic heterocycles. The first kappa shape index (κ1) is 21.0. The Kier molecular flexibility index (Phi) is 7.74. The standard InChI is InChI=1S/C20H22N2OS.2ClH/c1-23-17-9-8-15-5-2-3-6-16(15)19(17)20(18-7-4-14-24-18)22-12-10-21-11-13-22;;/h2-9,14,20-21H,10-13H2,1H3;2*1H/t20-;;/m1../s1. The SMILES string of the molecule is COc1ccc2ccccc2c1[C@@H](c1cccs1)N1CCNCC1.Cl.Cl. The molecule has 0 saturated carbocycles. The number of nitrogens with one attached hydrogen (secondary N) is 1. The topological polar surface area (TPSA) is 24.5 Å². The molecule has 6 heteroatoms. The molecule has 140 valence electrons. The van der Waals surface area contributed by atoms with Gasteiger partial charge in [0.2, 0.25) is 0 Å². The molecule has 4 rings (SSSR count). The third kappa shape index (κ3) is 4.00. The Morgan fingerprint density at radius 1 is 1.00 bits per heavy atom. The Morgan fingerprint density at radius 2 is 1.77 bits per heavy atom. The van der Waals surface area contributed by atoms with Gasteiger partial charge in [0.1, 0.15) is 5.75 Å². The summed E-state index contributed by atoms with van der Waals surface area (Å²) in [4.78, 5) is 3.96. The van der Waals surface area contributed by atoms with Gasteiger partial charge in [-0.25, -0.2) is 0 Å².